The Kier molecular flexibility index (Phi) is 4.15. The van der Waals surface area contributed by atoms with E-state index in [1.54, 1.807) is 7.11 Å². The number of carbonyl (C=O) groups excluding carboxylic acids is 1. The zero-order valence-electron chi connectivity index (χ0n) is 11.3. The minimum atomic E-state index is -0.903. The summed E-state index contributed by atoms with van der Waals surface area (Å²) in [5.74, 6) is -0.976. The van der Waals surface area contributed by atoms with E-state index in [9.17, 15) is 4.79 Å². The van der Waals surface area contributed by atoms with Crippen LogP contribution in [0.15, 0.2) is 24.3 Å². The van der Waals surface area contributed by atoms with Crippen LogP contribution in [0.3, 0.4) is 0 Å². The highest BCUT2D eigenvalue weighted by atomic mass is 16.7. The molecule has 3 atom stereocenters. The van der Waals surface area contributed by atoms with Crippen molar-refractivity contribution in [2.45, 2.75) is 39.9 Å². The van der Waals surface area contributed by atoms with E-state index >= 15 is 0 Å². The molecule has 1 rings (SSSR count). The van der Waals surface area contributed by atoms with Crippen LogP contribution >= 0.6 is 0 Å². The van der Waals surface area contributed by atoms with Gasteiger partial charge < -0.3 is 9.47 Å². The van der Waals surface area contributed by atoms with Crippen molar-refractivity contribution in [1.29, 1.82) is 0 Å². The second-order valence-electron chi connectivity index (χ2n) is 4.72. The van der Waals surface area contributed by atoms with Crippen molar-refractivity contribution in [3.63, 3.8) is 0 Å². The van der Waals surface area contributed by atoms with Gasteiger partial charge in [0.05, 0.1) is 5.41 Å². The minimum absolute atomic E-state index is 0.242. The molecule has 0 radical (unpaired) electrons. The number of methoxy groups -OCH3 is 1. The molecule has 3 nitrogen and oxygen atoms in total. The van der Waals surface area contributed by atoms with Crippen LogP contribution < -0.4 is 0 Å². The molecule has 0 aromatic rings. The Bertz CT molecular complexity index is 339. The Hall–Kier alpha value is -1.09. The van der Waals surface area contributed by atoms with E-state index in [-0.39, 0.29) is 17.3 Å². The van der Waals surface area contributed by atoms with Crippen molar-refractivity contribution in [1.82, 2.24) is 0 Å². The first-order valence-corrected chi connectivity index (χ1v) is 6.02. The molecule has 1 aliphatic carbocycles. The molecular weight excluding hydrogens is 216 g/mol. The van der Waals surface area contributed by atoms with Crippen LogP contribution in [0.4, 0.5) is 0 Å². The van der Waals surface area contributed by atoms with Crippen LogP contribution in [0.1, 0.15) is 34.1 Å². The molecular formula is C14H22O3. The van der Waals surface area contributed by atoms with E-state index in [1.165, 1.54) is 6.92 Å². The van der Waals surface area contributed by atoms with Gasteiger partial charge in [0.2, 0.25) is 5.79 Å². The maximum absolute atomic E-state index is 11.3. The number of ether oxygens (including phenoxy) is 2. The molecule has 0 spiro atoms. The predicted molar refractivity (Wildman–Crippen MR) is 67.3 cm³/mol. The average molecular weight is 238 g/mol. The number of esters is 1. The molecule has 0 bridgehead atoms. The molecule has 0 amide bonds. The third kappa shape index (κ3) is 2.29. The molecule has 0 aromatic heterocycles. The SMILES string of the molecule is CCC(OC)(OC(C)=O)C1(C)C=CC=CC1C. The number of allylic oxidation sites excluding steroid dienone is 3. The third-order valence-corrected chi connectivity index (χ3v) is 3.82. The quantitative estimate of drug-likeness (QED) is 0.557. The Labute approximate surface area is 103 Å². The molecule has 0 fully saturated rings. The first-order valence-electron chi connectivity index (χ1n) is 6.02. The Morgan fingerprint density at radius 1 is 1.47 bits per heavy atom. The summed E-state index contributed by atoms with van der Waals surface area (Å²) in [6.45, 7) is 7.55. The fourth-order valence-electron chi connectivity index (χ4n) is 2.51. The second-order valence-corrected chi connectivity index (χ2v) is 4.72. The first kappa shape index (κ1) is 14.0. The van der Waals surface area contributed by atoms with Gasteiger partial charge in [0.1, 0.15) is 0 Å². The summed E-state index contributed by atoms with van der Waals surface area (Å²) in [6.07, 6.45) is 8.77. The maximum atomic E-state index is 11.3. The van der Waals surface area contributed by atoms with Gasteiger partial charge in [-0.2, -0.15) is 0 Å². The lowest BCUT2D eigenvalue weighted by Crippen LogP contribution is -2.53. The summed E-state index contributed by atoms with van der Waals surface area (Å²) in [5, 5.41) is 0. The maximum Gasteiger partial charge on any atom is 0.305 e. The summed E-state index contributed by atoms with van der Waals surface area (Å²) in [6, 6.07) is 0. The zero-order valence-corrected chi connectivity index (χ0v) is 11.3. The highest BCUT2D eigenvalue weighted by Gasteiger charge is 2.52. The van der Waals surface area contributed by atoms with E-state index in [0.717, 1.165) is 0 Å². The fraction of sp³-hybridized carbons (Fsp3) is 0.643. The zero-order chi connectivity index (χ0) is 13.1. The summed E-state index contributed by atoms with van der Waals surface area (Å²) in [5.41, 5.74) is -0.350. The molecule has 0 aromatic carbocycles. The fourth-order valence-corrected chi connectivity index (χ4v) is 2.51. The van der Waals surface area contributed by atoms with Crippen molar-refractivity contribution < 1.29 is 14.3 Å². The van der Waals surface area contributed by atoms with Crippen molar-refractivity contribution in [2.24, 2.45) is 11.3 Å². The predicted octanol–water partition coefficient (Wildman–Crippen LogP) is 3.07. The van der Waals surface area contributed by atoms with Gasteiger partial charge in [-0.3, -0.25) is 4.79 Å². The second kappa shape index (κ2) is 5.05. The molecule has 0 N–H and O–H groups in total. The largest absolute Gasteiger partial charge is 0.432 e. The smallest absolute Gasteiger partial charge is 0.305 e. The molecule has 0 heterocycles. The van der Waals surface area contributed by atoms with Crippen LogP contribution in [-0.2, 0) is 14.3 Å². The summed E-state index contributed by atoms with van der Waals surface area (Å²) >= 11 is 0. The van der Waals surface area contributed by atoms with Crippen LogP contribution in [-0.4, -0.2) is 18.9 Å². The third-order valence-electron chi connectivity index (χ3n) is 3.82. The lowest BCUT2D eigenvalue weighted by atomic mass is 9.68. The normalized spacial score (nSPS) is 31.0. The number of hydrogen-bond acceptors (Lipinski definition) is 3. The van der Waals surface area contributed by atoms with Crippen molar-refractivity contribution in [2.75, 3.05) is 7.11 Å². The van der Waals surface area contributed by atoms with Gasteiger partial charge in [-0.1, -0.05) is 38.2 Å². The highest BCUT2D eigenvalue weighted by molar-refractivity contribution is 5.66. The van der Waals surface area contributed by atoms with E-state index < -0.39 is 5.79 Å². The summed E-state index contributed by atoms with van der Waals surface area (Å²) in [7, 11) is 1.59. The van der Waals surface area contributed by atoms with Crippen molar-refractivity contribution >= 4 is 5.97 Å². The highest BCUT2D eigenvalue weighted by Crippen LogP contribution is 2.47. The van der Waals surface area contributed by atoms with Gasteiger partial charge in [-0.25, -0.2) is 0 Å². The van der Waals surface area contributed by atoms with Crippen molar-refractivity contribution in [3.05, 3.63) is 24.3 Å². The van der Waals surface area contributed by atoms with Gasteiger partial charge in [0, 0.05) is 20.5 Å². The Morgan fingerprint density at radius 3 is 2.53 bits per heavy atom. The Morgan fingerprint density at radius 2 is 2.12 bits per heavy atom. The number of hydrogen-bond donors (Lipinski definition) is 0. The van der Waals surface area contributed by atoms with Crippen LogP contribution in [0.2, 0.25) is 0 Å². The molecule has 3 unspecified atom stereocenters. The van der Waals surface area contributed by atoms with E-state index in [0.29, 0.717) is 6.42 Å². The number of rotatable bonds is 4. The summed E-state index contributed by atoms with van der Waals surface area (Å²) < 4.78 is 11.1. The van der Waals surface area contributed by atoms with Gasteiger partial charge in [0.25, 0.3) is 0 Å². The standard InChI is InChI=1S/C14H22O3/c1-6-14(16-5,17-12(3)15)13(4)10-8-7-9-11(13)2/h7-11H,6H2,1-5H3. The molecule has 17 heavy (non-hydrogen) atoms. The van der Waals surface area contributed by atoms with Crippen molar-refractivity contribution in [3.8, 4) is 0 Å². The molecule has 0 aliphatic heterocycles. The topological polar surface area (TPSA) is 35.5 Å². The minimum Gasteiger partial charge on any atom is -0.432 e. The number of carbonyl (C=O) groups is 1. The molecule has 96 valence electrons. The van der Waals surface area contributed by atoms with Crippen LogP contribution in [0, 0.1) is 11.3 Å². The van der Waals surface area contributed by atoms with Gasteiger partial charge in [-0.15, -0.1) is 0 Å². The lowest BCUT2D eigenvalue weighted by Gasteiger charge is -2.47. The lowest BCUT2D eigenvalue weighted by molar-refractivity contribution is -0.267. The van der Waals surface area contributed by atoms with Gasteiger partial charge >= 0.3 is 5.97 Å². The van der Waals surface area contributed by atoms with Gasteiger partial charge in [-0.05, 0) is 12.8 Å². The molecule has 0 saturated carbocycles. The monoisotopic (exact) mass is 238 g/mol. The molecule has 3 heteroatoms. The van der Waals surface area contributed by atoms with Crippen LogP contribution in [0.5, 0.6) is 0 Å². The van der Waals surface area contributed by atoms with E-state index in [4.69, 9.17) is 9.47 Å². The molecule has 0 saturated heterocycles. The van der Waals surface area contributed by atoms with Crippen LogP contribution in [0.25, 0.3) is 0 Å². The van der Waals surface area contributed by atoms with Gasteiger partial charge in [0.15, 0.2) is 0 Å². The van der Waals surface area contributed by atoms with E-state index in [2.05, 4.69) is 26.0 Å². The molecule has 1 aliphatic rings. The average Bonchev–Trinajstić information content (AvgIpc) is 2.29. The summed E-state index contributed by atoms with van der Waals surface area (Å²) in [4.78, 5) is 11.3. The van der Waals surface area contributed by atoms with E-state index in [1.807, 2.05) is 19.1 Å². The first-order chi connectivity index (χ1) is 7.92. The Balaban J connectivity index is 3.17.